The van der Waals surface area contributed by atoms with Gasteiger partial charge in [-0.3, -0.25) is 0 Å². The lowest BCUT2D eigenvalue weighted by Gasteiger charge is -2.06. The molecule has 0 aromatic heterocycles. The van der Waals surface area contributed by atoms with Gasteiger partial charge in [-0.25, -0.2) is 4.79 Å². The van der Waals surface area contributed by atoms with Crippen molar-refractivity contribution in [3.8, 4) is 22.6 Å². The summed E-state index contributed by atoms with van der Waals surface area (Å²) in [6.07, 6.45) is 0. The van der Waals surface area contributed by atoms with Gasteiger partial charge < -0.3 is 14.6 Å². The Morgan fingerprint density at radius 2 is 1.79 bits per heavy atom. The van der Waals surface area contributed by atoms with E-state index < -0.39 is 5.97 Å². The van der Waals surface area contributed by atoms with Crippen LogP contribution >= 0.6 is 0 Å². The zero-order valence-electron chi connectivity index (χ0n) is 10.5. The third-order valence-corrected chi connectivity index (χ3v) is 2.62. The molecule has 0 fully saturated rings. The Hall–Kier alpha value is -2.49. The molecule has 0 unspecified atom stereocenters. The van der Waals surface area contributed by atoms with Crippen molar-refractivity contribution in [2.45, 2.75) is 0 Å². The molecule has 0 aliphatic rings. The first-order valence-corrected chi connectivity index (χ1v) is 5.78. The van der Waals surface area contributed by atoms with E-state index in [4.69, 9.17) is 14.6 Å². The van der Waals surface area contributed by atoms with Crippen LogP contribution in [0.25, 0.3) is 11.1 Å². The molecule has 0 bridgehead atoms. The first kappa shape index (κ1) is 13.0. The SMILES string of the molecule is COc1cccc(-c2ccc(OCC(=O)O)cc2)c1. The van der Waals surface area contributed by atoms with Crippen LogP contribution < -0.4 is 9.47 Å². The molecule has 0 aliphatic carbocycles. The Morgan fingerprint density at radius 1 is 1.05 bits per heavy atom. The molecule has 19 heavy (non-hydrogen) atoms. The van der Waals surface area contributed by atoms with Crippen LogP contribution in [-0.2, 0) is 4.79 Å². The molecule has 2 rings (SSSR count). The van der Waals surface area contributed by atoms with Crippen molar-refractivity contribution in [3.05, 3.63) is 48.5 Å². The predicted octanol–water partition coefficient (Wildman–Crippen LogP) is 2.83. The molecule has 0 atom stereocenters. The van der Waals surface area contributed by atoms with Gasteiger partial charge in [-0.05, 0) is 35.4 Å². The molecule has 2 aromatic rings. The zero-order chi connectivity index (χ0) is 13.7. The Morgan fingerprint density at radius 3 is 2.42 bits per heavy atom. The normalized spacial score (nSPS) is 9.95. The molecule has 0 amide bonds. The molecule has 4 nitrogen and oxygen atoms in total. The third-order valence-electron chi connectivity index (χ3n) is 2.62. The minimum atomic E-state index is -0.989. The summed E-state index contributed by atoms with van der Waals surface area (Å²) < 4.78 is 10.3. The predicted molar refractivity (Wildman–Crippen MR) is 71.6 cm³/mol. The lowest BCUT2D eigenvalue weighted by Crippen LogP contribution is -2.09. The summed E-state index contributed by atoms with van der Waals surface area (Å²) in [6.45, 7) is -0.335. The molecule has 4 heteroatoms. The highest BCUT2D eigenvalue weighted by Crippen LogP contribution is 2.25. The second-order valence-electron chi connectivity index (χ2n) is 3.94. The van der Waals surface area contributed by atoms with Crippen molar-refractivity contribution in [1.82, 2.24) is 0 Å². The van der Waals surface area contributed by atoms with Crippen LogP contribution in [0.5, 0.6) is 11.5 Å². The molecule has 0 spiro atoms. The van der Waals surface area contributed by atoms with Crippen molar-refractivity contribution in [2.75, 3.05) is 13.7 Å². The standard InChI is InChI=1S/C15H14O4/c1-18-14-4-2-3-12(9-14)11-5-7-13(8-6-11)19-10-15(16)17/h2-9H,10H2,1H3,(H,16,17). The molecular weight excluding hydrogens is 244 g/mol. The van der Waals surface area contributed by atoms with Crippen molar-refractivity contribution < 1.29 is 19.4 Å². The Balaban J connectivity index is 2.15. The van der Waals surface area contributed by atoms with E-state index in [1.807, 2.05) is 36.4 Å². The first-order chi connectivity index (χ1) is 9.19. The number of benzene rings is 2. The number of carboxylic acids is 1. The zero-order valence-corrected chi connectivity index (χ0v) is 10.5. The molecular formula is C15H14O4. The van der Waals surface area contributed by atoms with Gasteiger partial charge in [-0.2, -0.15) is 0 Å². The number of hydrogen-bond acceptors (Lipinski definition) is 3. The number of ether oxygens (including phenoxy) is 2. The first-order valence-electron chi connectivity index (χ1n) is 5.78. The Labute approximate surface area is 111 Å². The van der Waals surface area contributed by atoms with E-state index in [1.165, 1.54) is 0 Å². The highest BCUT2D eigenvalue weighted by Gasteiger charge is 2.02. The van der Waals surface area contributed by atoms with Crippen LogP contribution in [0, 0.1) is 0 Å². The van der Waals surface area contributed by atoms with Crippen molar-refractivity contribution >= 4 is 5.97 Å². The van der Waals surface area contributed by atoms with Gasteiger partial charge in [0, 0.05) is 0 Å². The average Bonchev–Trinajstić information content (AvgIpc) is 2.45. The van der Waals surface area contributed by atoms with Crippen LogP contribution in [0.3, 0.4) is 0 Å². The largest absolute Gasteiger partial charge is 0.497 e. The fourth-order valence-electron chi connectivity index (χ4n) is 1.69. The summed E-state index contributed by atoms with van der Waals surface area (Å²) in [5.74, 6) is 0.342. The highest BCUT2D eigenvalue weighted by molar-refractivity contribution is 5.69. The number of aliphatic carboxylic acids is 1. The topological polar surface area (TPSA) is 55.8 Å². The van der Waals surface area contributed by atoms with Crippen molar-refractivity contribution in [2.24, 2.45) is 0 Å². The second kappa shape index (κ2) is 5.91. The van der Waals surface area contributed by atoms with E-state index in [-0.39, 0.29) is 6.61 Å². The van der Waals surface area contributed by atoms with Crippen LogP contribution in [0.4, 0.5) is 0 Å². The summed E-state index contributed by atoms with van der Waals surface area (Å²) in [4.78, 5) is 10.4. The molecule has 0 saturated carbocycles. The summed E-state index contributed by atoms with van der Waals surface area (Å²) in [6, 6.07) is 15.0. The number of hydrogen-bond donors (Lipinski definition) is 1. The molecule has 0 heterocycles. The van der Waals surface area contributed by atoms with E-state index in [9.17, 15) is 4.79 Å². The minimum absolute atomic E-state index is 0.335. The fraction of sp³-hybridized carbons (Fsp3) is 0.133. The smallest absolute Gasteiger partial charge is 0.341 e. The molecule has 0 aliphatic heterocycles. The van der Waals surface area contributed by atoms with Gasteiger partial charge in [-0.1, -0.05) is 24.3 Å². The number of carboxylic acid groups (broad SMARTS) is 1. The number of rotatable bonds is 5. The van der Waals surface area contributed by atoms with E-state index >= 15 is 0 Å². The van der Waals surface area contributed by atoms with Gasteiger partial charge in [0.2, 0.25) is 0 Å². The summed E-state index contributed by atoms with van der Waals surface area (Å²) in [7, 11) is 1.63. The summed E-state index contributed by atoms with van der Waals surface area (Å²) in [5.41, 5.74) is 2.05. The Bertz CT molecular complexity index is 561. The van der Waals surface area contributed by atoms with Crippen molar-refractivity contribution in [3.63, 3.8) is 0 Å². The van der Waals surface area contributed by atoms with Crippen LogP contribution in [0.2, 0.25) is 0 Å². The van der Waals surface area contributed by atoms with E-state index in [2.05, 4.69) is 0 Å². The lowest BCUT2D eigenvalue weighted by molar-refractivity contribution is -0.139. The number of methoxy groups -OCH3 is 1. The van der Waals surface area contributed by atoms with Crippen LogP contribution in [0.15, 0.2) is 48.5 Å². The fourth-order valence-corrected chi connectivity index (χ4v) is 1.69. The van der Waals surface area contributed by atoms with Gasteiger partial charge >= 0.3 is 5.97 Å². The second-order valence-corrected chi connectivity index (χ2v) is 3.94. The minimum Gasteiger partial charge on any atom is -0.497 e. The summed E-state index contributed by atoms with van der Waals surface area (Å²) >= 11 is 0. The van der Waals surface area contributed by atoms with E-state index in [0.29, 0.717) is 5.75 Å². The molecule has 0 radical (unpaired) electrons. The van der Waals surface area contributed by atoms with Gasteiger partial charge in [0.15, 0.2) is 6.61 Å². The maximum absolute atomic E-state index is 10.4. The molecule has 1 N–H and O–H groups in total. The average molecular weight is 258 g/mol. The van der Waals surface area contributed by atoms with Gasteiger partial charge in [0.1, 0.15) is 11.5 Å². The Kier molecular flexibility index (Phi) is 4.03. The lowest BCUT2D eigenvalue weighted by atomic mass is 10.1. The monoisotopic (exact) mass is 258 g/mol. The van der Waals surface area contributed by atoms with Crippen LogP contribution in [-0.4, -0.2) is 24.8 Å². The molecule has 2 aromatic carbocycles. The van der Waals surface area contributed by atoms with E-state index in [0.717, 1.165) is 16.9 Å². The van der Waals surface area contributed by atoms with E-state index in [1.54, 1.807) is 19.2 Å². The maximum atomic E-state index is 10.4. The highest BCUT2D eigenvalue weighted by atomic mass is 16.5. The quantitative estimate of drug-likeness (QED) is 0.896. The van der Waals surface area contributed by atoms with Gasteiger partial charge in [0.25, 0.3) is 0 Å². The van der Waals surface area contributed by atoms with Crippen molar-refractivity contribution in [1.29, 1.82) is 0 Å². The van der Waals surface area contributed by atoms with Crippen LogP contribution in [0.1, 0.15) is 0 Å². The maximum Gasteiger partial charge on any atom is 0.341 e. The molecule has 98 valence electrons. The number of carbonyl (C=O) groups is 1. The summed E-state index contributed by atoms with van der Waals surface area (Å²) in [5, 5.41) is 8.53. The third kappa shape index (κ3) is 3.48. The van der Waals surface area contributed by atoms with Gasteiger partial charge in [-0.15, -0.1) is 0 Å². The molecule has 0 saturated heterocycles. The van der Waals surface area contributed by atoms with Gasteiger partial charge in [0.05, 0.1) is 7.11 Å².